The summed E-state index contributed by atoms with van der Waals surface area (Å²) in [6.07, 6.45) is 8.70. The van der Waals surface area contributed by atoms with Gasteiger partial charge in [0, 0.05) is 31.0 Å². The van der Waals surface area contributed by atoms with Crippen LogP contribution in [0.15, 0.2) is 66.9 Å². The molecular weight excluding hydrogens is 389 g/mol. The second-order valence-corrected chi connectivity index (χ2v) is 8.14. The van der Waals surface area contributed by atoms with Gasteiger partial charge in [0.15, 0.2) is 0 Å². The number of para-hydroxylation sites is 2. The molecule has 0 radical (unpaired) electrons. The Hall–Kier alpha value is -2.99. The van der Waals surface area contributed by atoms with Crippen molar-refractivity contribution >= 4 is 22.7 Å². The van der Waals surface area contributed by atoms with E-state index in [1.54, 1.807) is 19.2 Å². The molecular formula is C25H34FN5. The van der Waals surface area contributed by atoms with Gasteiger partial charge in [-0.25, -0.2) is 4.39 Å². The minimum atomic E-state index is -0.233. The summed E-state index contributed by atoms with van der Waals surface area (Å²) < 4.78 is 14.0. The summed E-state index contributed by atoms with van der Waals surface area (Å²) in [6.45, 7) is 4.35. The minimum absolute atomic E-state index is 0.109. The third-order valence-corrected chi connectivity index (χ3v) is 5.49. The standard InChI is InChI=1S/C16H22FN3.C9H12N2/c1-19-12-6-7-15(13(17)8-12)20-16(11-4-5-11)9-14(18)10-2-3-10;1-2-7-11-9-6-4-3-5-8(9)10/h6-11,14,19-20H,2-5,18H2,1H3;2-6,11H,1,7,10H2/b16-9-;. The molecule has 0 spiro atoms. The van der Waals surface area contributed by atoms with Crippen LogP contribution in [0.1, 0.15) is 25.7 Å². The van der Waals surface area contributed by atoms with Gasteiger partial charge in [-0.05, 0) is 73.9 Å². The van der Waals surface area contributed by atoms with Crippen LogP contribution in [-0.4, -0.2) is 19.6 Å². The first-order valence-electron chi connectivity index (χ1n) is 10.9. The number of rotatable bonds is 9. The molecule has 0 aliphatic heterocycles. The van der Waals surface area contributed by atoms with Crippen LogP contribution in [0, 0.1) is 17.7 Å². The van der Waals surface area contributed by atoms with E-state index < -0.39 is 0 Å². The van der Waals surface area contributed by atoms with Crippen LogP contribution in [0.4, 0.5) is 27.1 Å². The molecule has 2 saturated carbocycles. The first kappa shape index (κ1) is 22.7. The lowest BCUT2D eigenvalue weighted by Gasteiger charge is -2.14. The van der Waals surface area contributed by atoms with Crippen molar-refractivity contribution in [2.24, 2.45) is 17.6 Å². The summed E-state index contributed by atoms with van der Waals surface area (Å²) in [5.41, 5.74) is 16.0. The fourth-order valence-electron chi connectivity index (χ4n) is 3.27. The molecule has 2 fully saturated rings. The number of nitrogens with two attached hydrogens (primary N) is 2. The smallest absolute Gasteiger partial charge is 0.148 e. The van der Waals surface area contributed by atoms with Crippen molar-refractivity contribution in [3.63, 3.8) is 0 Å². The van der Waals surface area contributed by atoms with Gasteiger partial charge in [0.2, 0.25) is 0 Å². The molecule has 31 heavy (non-hydrogen) atoms. The highest BCUT2D eigenvalue weighted by atomic mass is 19.1. The molecule has 0 saturated heterocycles. The largest absolute Gasteiger partial charge is 0.397 e. The van der Waals surface area contributed by atoms with Crippen molar-refractivity contribution < 1.29 is 4.39 Å². The van der Waals surface area contributed by atoms with Crippen molar-refractivity contribution in [3.8, 4) is 0 Å². The lowest BCUT2D eigenvalue weighted by molar-refractivity contribution is 0.631. The average Bonchev–Trinajstić information content (AvgIpc) is 3.66. The van der Waals surface area contributed by atoms with Gasteiger partial charge in [0.1, 0.15) is 5.82 Å². The molecule has 0 heterocycles. The van der Waals surface area contributed by atoms with Crippen molar-refractivity contribution in [1.82, 2.24) is 0 Å². The maximum Gasteiger partial charge on any atom is 0.148 e. The summed E-state index contributed by atoms with van der Waals surface area (Å²) >= 11 is 0. The van der Waals surface area contributed by atoms with Gasteiger partial charge in [-0.2, -0.15) is 0 Å². The van der Waals surface area contributed by atoms with Crippen molar-refractivity contribution in [3.05, 3.63) is 72.7 Å². The zero-order chi connectivity index (χ0) is 22.2. The molecule has 1 atom stereocenters. The first-order chi connectivity index (χ1) is 15.0. The highest BCUT2D eigenvalue weighted by Crippen LogP contribution is 2.39. The maximum atomic E-state index is 14.0. The molecule has 5 nitrogen and oxygen atoms in total. The number of nitrogens with one attached hydrogen (secondary N) is 3. The monoisotopic (exact) mass is 423 g/mol. The molecule has 7 N–H and O–H groups in total. The SMILES string of the molecule is C=CCNc1ccccc1N.CNc1ccc(N/C(=C\C(N)C2CC2)C2CC2)c(F)c1. The molecule has 166 valence electrons. The van der Waals surface area contributed by atoms with Crippen LogP contribution in [0.3, 0.4) is 0 Å². The molecule has 0 bridgehead atoms. The highest BCUT2D eigenvalue weighted by Gasteiger charge is 2.31. The highest BCUT2D eigenvalue weighted by molar-refractivity contribution is 5.65. The topological polar surface area (TPSA) is 88.1 Å². The molecule has 4 rings (SSSR count). The minimum Gasteiger partial charge on any atom is -0.397 e. The number of hydrogen-bond donors (Lipinski definition) is 5. The maximum absolute atomic E-state index is 14.0. The van der Waals surface area contributed by atoms with Crippen molar-refractivity contribution in [2.75, 3.05) is 35.3 Å². The molecule has 1 unspecified atom stereocenters. The molecule has 6 heteroatoms. The Kier molecular flexibility index (Phi) is 7.95. The molecule has 2 aromatic rings. The number of nitrogen functional groups attached to an aromatic ring is 1. The van der Waals surface area contributed by atoms with Crippen molar-refractivity contribution in [1.29, 1.82) is 0 Å². The van der Waals surface area contributed by atoms with E-state index in [0.29, 0.717) is 17.5 Å². The zero-order valence-corrected chi connectivity index (χ0v) is 18.2. The molecule has 2 aliphatic carbocycles. The second-order valence-electron chi connectivity index (χ2n) is 8.14. The zero-order valence-electron chi connectivity index (χ0n) is 18.2. The van der Waals surface area contributed by atoms with Gasteiger partial charge in [-0.15, -0.1) is 6.58 Å². The fraction of sp³-hybridized carbons (Fsp3) is 0.360. The van der Waals surface area contributed by atoms with Gasteiger partial charge >= 0.3 is 0 Å². The molecule has 0 amide bonds. The van der Waals surface area contributed by atoms with E-state index in [1.165, 1.54) is 31.7 Å². The van der Waals surface area contributed by atoms with E-state index in [0.717, 1.165) is 29.3 Å². The lowest BCUT2D eigenvalue weighted by Crippen LogP contribution is -2.21. The Bertz CT molecular complexity index is 903. The normalized spacial score (nSPS) is 16.5. The van der Waals surface area contributed by atoms with Crippen LogP contribution < -0.4 is 27.4 Å². The number of hydrogen-bond acceptors (Lipinski definition) is 5. The van der Waals surface area contributed by atoms with E-state index in [4.69, 9.17) is 11.5 Å². The van der Waals surface area contributed by atoms with Crippen LogP contribution in [0.25, 0.3) is 0 Å². The predicted molar refractivity (Wildman–Crippen MR) is 131 cm³/mol. The van der Waals surface area contributed by atoms with Crippen LogP contribution in [-0.2, 0) is 0 Å². The Morgan fingerprint density at radius 1 is 1.16 bits per heavy atom. The van der Waals surface area contributed by atoms with E-state index in [2.05, 4.69) is 28.6 Å². The Morgan fingerprint density at radius 2 is 1.90 bits per heavy atom. The third-order valence-electron chi connectivity index (χ3n) is 5.49. The van der Waals surface area contributed by atoms with Gasteiger partial charge in [0.25, 0.3) is 0 Å². The van der Waals surface area contributed by atoms with Crippen LogP contribution >= 0.6 is 0 Å². The molecule has 2 aliphatic rings. The number of halogens is 1. The quantitative estimate of drug-likeness (QED) is 0.283. The van der Waals surface area contributed by atoms with Crippen LogP contribution in [0.2, 0.25) is 0 Å². The van der Waals surface area contributed by atoms with E-state index >= 15 is 0 Å². The Morgan fingerprint density at radius 3 is 2.48 bits per heavy atom. The molecule has 2 aromatic carbocycles. The van der Waals surface area contributed by atoms with Gasteiger partial charge in [-0.1, -0.05) is 18.2 Å². The summed E-state index contributed by atoms with van der Waals surface area (Å²) in [5.74, 6) is 0.925. The number of allylic oxidation sites excluding steroid dienone is 1. The van der Waals surface area contributed by atoms with E-state index in [-0.39, 0.29) is 11.9 Å². The van der Waals surface area contributed by atoms with Gasteiger partial charge < -0.3 is 27.4 Å². The summed E-state index contributed by atoms with van der Waals surface area (Å²) in [5, 5.41) is 9.31. The number of benzene rings is 2. The van der Waals surface area contributed by atoms with Crippen molar-refractivity contribution in [2.45, 2.75) is 31.7 Å². The summed E-state index contributed by atoms with van der Waals surface area (Å²) in [6, 6.07) is 12.9. The van der Waals surface area contributed by atoms with Crippen LogP contribution in [0.5, 0.6) is 0 Å². The third kappa shape index (κ3) is 7.03. The average molecular weight is 424 g/mol. The van der Waals surface area contributed by atoms with Gasteiger partial charge in [-0.3, -0.25) is 0 Å². The van der Waals surface area contributed by atoms with Gasteiger partial charge in [0.05, 0.1) is 17.1 Å². The lowest BCUT2D eigenvalue weighted by atomic mass is 10.1. The summed E-state index contributed by atoms with van der Waals surface area (Å²) in [7, 11) is 1.78. The van der Waals surface area contributed by atoms with E-state index in [9.17, 15) is 4.39 Å². The second kappa shape index (κ2) is 10.9. The fourth-order valence-corrected chi connectivity index (χ4v) is 3.27. The predicted octanol–water partition coefficient (Wildman–Crippen LogP) is 5.18. The summed E-state index contributed by atoms with van der Waals surface area (Å²) in [4.78, 5) is 0. The number of anilines is 4. The van der Waals surface area contributed by atoms with E-state index in [1.807, 2.05) is 30.3 Å². The first-order valence-corrected chi connectivity index (χ1v) is 10.9. The molecule has 0 aromatic heterocycles. The Labute approximate surface area is 184 Å². The Balaban J connectivity index is 0.000000210.